The number of carbonyl (C=O) groups is 2. The minimum atomic E-state index is -0.499. The van der Waals surface area contributed by atoms with E-state index in [0.29, 0.717) is 12.4 Å². The molecule has 0 atom stereocenters. The highest BCUT2D eigenvalue weighted by atomic mass is 16.2. The molecule has 0 saturated carbocycles. The van der Waals surface area contributed by atoms with Crippen molar-refractivity contribution in [2.75, 3.05) is 18.1 Å². The van der Waals surface area contributed by atoms with Crippen LogP contribution in [-0.4, -0.2) is 40.0 Å². The minimum absolute atomic E-state index is 0.0114. The zero-order chi connectivity index (χ0) is 15.6. The first-order valence-electron chi connectivity index (χ1n) is 6.42. The van der Waals surface area contributed by atoms with Crippen LogP contribution in [0.2, 0.25) is 0 Å². The Morgan fingerprint density at radius 1 is 1.48 bits per heavy atom. The van der Waals surface area contributed by atoms with E-state index in [1.54, 1.807) is 11.1 Å². The Kier molecular flexibility index (Phi) is 3.76. The number of carbonyl (C=O) groups excluding carboxylic acids is 2. The summed E-state index contributed by atoms with van der Waals surface area (Å²) in [6.07, 6.45) is 1.45. The van der Waals surface area contributed by atoms with Gasteiger partial charge in [-0.3, -0.25) is 15.1 Å². The van der Waals surface area contributed by atoms with Crippen LogP contribution >= 0.6 is 0 Å². The molecule has 3 amide bonds. The molecule has 0 unspecified atom stereocenters. The van der Waals surface area contributed by atoms with E-state index in [1.807, 2.05) is 26.8 Å². The lowest BCUT2D eigenvalue weighted by Crippen LogP contribution is -2.49. The summed E-state index contributed by atoms with van der Waals surface area (Å²) in [6, 6.07) is 2.96. The van der Waals surface area contributed by atoms with E-state index in [1.165, 1.54) is 11.2 Å². The molecule has 2 heterocycles. The van der Waals surface area contributed by atoms with Gasteiger partial charge in [-0.1, -0.05) is 20.8 Å². The largest absolute Gasteiger partial charge is 0.343 e. The number of hydrogen-bond acceptors (Lipinski definition) is 6. The first-order chi connectivity index (χ1) is 9.80. The molecule has 1 aliphatic heterocycles. The van der Waals surface area contributed by atoms with Crippen LogP contribution in [0.5, 0.6) is 0 Å². The van der Waals surface area contributed by atoms with Crippen LogP contribution in [0.4, 0.5) is 10.6 Å². The van der Waals surface area contributed by atoms with Crippen molar-refractivity contribution >= 4 is 17.8 Å². The summed E-state index contributed by atoms with van der Waals surface area (Å²) < 4.78 is 0. The molecule has 8 heteroatoms. The lowest BCUT2D eigenvalue weighted by atomic mass is 9.96. The van der Waals surface area contributed by atoms with Gasteiger partial charge in [0.15, 0.2) is 5.82 Å². The van der Waals surface area contributed by atoms with Crippen molar-refractivity contribution in [3.8, 4) is 6.07 Å². The molecule has 0 aliphatic carbocycles. The van der Waals surface area contributed by atoms with Crippen LogP contribution in [-0.2, 0) is 4.79 Å². The number of nitrogens with one attached hydrogen (secondary N) is 1. The molecule has 1 aromatic rings. The van der Waals surface area contributed by atoms with Crippen molar-refractivity contribution in [2.45, 2.75) is 20.8 Å². The van der Waals surface area contributed by atoms with Gasteiger partial charge in [0.05, 0.1) is 0 Å². The summed E-state index contributed by atoms with van der Waals surface area (Å²) >= 11 is 0. The molecule has 21 heavy (non-hydrogen) atoms. The SMILES string of the molecule is CC(C)(C)CN(c1ccnc(C#N)n1)N1CC(=O)NC1=O. The average molecular weight is 288 g/mol. The first kappa shape index (κ1) is 14.7. The highest BCUT2D eigenvalue weighted by molar-refractivity contribution is 6.02. The van der Waals surface area contributed by atoms with Crippen LogP contribution in [0, 0.1) is 16.7 Å². The van der Waals surface area contributed by atoms with Gasteiger partial charge >= 0.3 is 6.03 Å². The standard InChI is InChI=1S/C13H16N6O2/c1-13(2,3)8-19(18-7-11(20)17-12(18)21)10-4-5-15-9(6-14)16-10/h4-5H,7-8H2,1-3H3,(H,17,20,21). The van der Waals surface area contributed by atoms with E-state index in [9.17, 15) is 9.59 Å². The molecular formula is C13H16N6O2. The van der Waals surface area contributed by atoms with Gasteiger partial charge in [0.25, 0.3) is 0 Å². The maximum absolute atomic E-state index is 11.9. The first-order valence-corrected chi connectivity index (χ1v) is 6.42. The van der Waals surface area contributed by atoms with Crippen molar-refractivity contribution in [1.82, 2.24) is 20.3 Å². The molecule has 1 fully saturated rings. The average Bonchev–Trinajstić information content (AvgIpc) is 2.74. The number of rotatable bonds is 3. The Morgan fingerprint density at radius 3 is 2.71 bits per heavy atom. The maximum Gasteiger partial charge on any atom is 0.343 e. The number of anilines is 1. The third-order valence-electron chi connectivity index (χ3n) is 2.70. The summed E-state index contributed by atoms with van der Waals surface area (Å²) in [5.74, 6) is 0.0483. The Balaban J connectivity index is 2.38. The number of nitrogens with zero attached hydrogens (tertiary/aromatic N) is 5. The van der Waals surface area contributed by atoms with Crippen molar-refractivity contribution in [1.29, 1.82) is 5.26 Å². The summed E-state index contributed by atoms with van der Waals surface area (Å²) in [4.78, 5) is 31.2. The Hall–Kier alpha value is -2.69. The number of amides is 3. The van der Waals surface area contributed by atoms with Gasteiger partial charge in [0.2, 0.25) is 11.7 Å². The molecule has 0 aromatic carbocycles. The summed E-state index contributed by atoms with van der Waals surface area (Å²) in [7, 11) is 0. The fraction of sp³-hybridized carbons (Fsp3) is 0.462. The predicted molar refractivity (Wildman–Crippen MR) is 73.8 cm³/mol. The number of aromatic nitrogens is 2. The highest BCUT2D eigenvalue weighted by Gasteiger charge is 2.34. The van der Waals surface area contributed by atoms with Crippen LogP contribution < -0.4 is 10.3 Å². The Labute approximate surface area is 122 Å². The fourth-order valence-electron chi connectivity index (χ4n) is 1.91. The van der Waals surface area contributed by atoms with E-state index in [2.05, 4.69) is 15.3 Å². The summed E-state index contributed by atoms with van der Waals surface area (Å²) in [6.45, 7) is 6.39. The van der Waals surface area contributed by atoms with E-state index < -0.39 is 6.03 Å². The monoisotopic (exact) mass is 288 g/mol. The van der Waals surface area contributed by atoms with E-state index in [0.717, 1.165) is 0 Å². The van der Waals surface area contributed by atoms with E-state index in [4.69, 9.17) is 5.26 Å². The second-order valence-electron chi connectivity index (χ2n) is 5.88. The van der Waals surface area contributed by atoms with Crippen molar-refractivity contribution in [3.63, 3.8) is 0 Å². The number of imide groups is 1. The molecule has 8 nitrogen and oxygen atoms in total. The van der Waals surface area contributed by atoms with Crippen LogP contribution in [0.15, 0.2) is 12.3 Å². The fourth-order valence-corrected chi connectivity index (χ4v) is 1.91. The lowest BCUT2D eigenvalue weighted by molar-refractivity contribution is -0.118. The molecule has 110 valence electrons. The summed E-state index contributed by atoms with van der Waals surface area (Å²) in [5.41, 5.74) is -0.149. The second kappa shape index (κ2) is 5.36. The minimum Gasteiger partial charge on any atom is -0.275 e. The van der Waals surface area contributed by atoms with Crippen LogP contribution in [0.1, 0.15) is 26.6 Å². The lowest BCUT2D eigenvalue weighted by Gasteiger charge is -2.35. The highest BCUT2D eigenvalue weighted by Crippen LogP contribution is 2.23. The number of urea groups is 1. The third kappa shape index (κ3) is 3.45. The van der Waals surface area contributed by atoms with Gasteiger partial charge in [-0.15, -0.1) is 0 Å². The number of hydrazine groups is 1. The zero-order valence-corrected chi connectivity index (χ0v) is 12.1. The van der Waals surface area contributed by atoms with Crippen molar-refractivity contribution in [3.05, 3.63) is 18.1 Å². The van der Waals surface area contributed by atoms with Crippen molar-refractivity contribution in [2.24, 2.45) is 5.41 Å². The third-order valence-corrected chi connectivity index (χ3v) is 2.70. The van der Waals surface area contributed by atoms with Gasteiger partial charge < -0.3 is 0 Å². The smallest absolute Gasteiger partial charge is 0.275 e. The molecule has 0 bridgehead atoms. The molecule has 0 spiro atoms. The van der Waals surface area contributed by atoms with Gasteiger partial charge in [-0.25, -0.2) is 14.8 Å². The quantitative estimate of drug-likeness (QED) is 0.820. The molecule has 0 radical (unpaired) electrons. The number of nitriles is 1. The normalized spacial score (nSPS) is 14.9. The van der Waals surface area contributed by atoms with Gasteiger partial charge in [0, 0.05) is 18.8 Å². The molecule has 2 rings (SSSR count). The zero-order valence-electron chi connectivity index (χ0n) is 12.1. The summed E-state index contributed by atoms with van der Waals surface area (Å²) in [5, 5.41) is 14.0. The maximum atomic E-state index is 11.9. The topological polar surface area (TPSA) is 102 Å². The van der Waals surface area contributed by atoms with Gasteiger partial charge in [-0.05, 0) is 5.41 Å². The molecular weight excluding hydrogens is 272 g/mol. The van der Waals surface area contributed by atoms with Crippen molar-refractivity contribution < 1.29 is 9.59 Å². The molecule has 1 saturated heterocycles. The molecule has 1 N–H and O–H groups in total. The predicted octanol–water partition coefficient (Wildman–Crippen LogP) is 0.668. The van der Waals surface area contributed by atoms with Gasteiger partial charge in [-0.2, -0.15) is 10.2 Å². The Morgan fingerprint density at radius 2 is 2.19 bits per heavy atom. The molecule has 1 aromatic heterocycles. The molecule has 1 aliphatic rings. The number of hydrogen-bond donors (Lipinski definition) is 1. The second-order valence-corrected chi connectivity index (χ2v) is 5.88. The van der Waals surface area contributed by atoms with E-state index in [-0.39, 0.29) is 23.7 Å². The van der Waals surface area contributed by atoms with E-state index >= 15 is 0 Å². The van der Waals surface area contributed by atoms with Gasteiger partial charge in [0.1, 0.15) is 12.6 Å². The van der Waals surface area contributed by atoms with Crippen LogP contribution in [0.25, 0.3) is 0 Å². The Bertz CT molecular complexity index is 616. The van der Waals surface area contributed by atoms with Crippen LogP contribution in [0.3, 0.4) is 0 Å².